The lowest BCUT2D eigenvalue weighted by molar-refractivity contribution is -0.137. The Morgan fingerprint density at radius 3 is 2.69 bits per heavy atom. The summed E-state index contributed by atoms with van der Waals surface area (Å²) < 4.78 is 0. The number of pyridine rings is 1. The van der Waals surface area contributed by atoms with Crippen molar-refractivity contribution in [2.45, 2.75) is 0 Å². The van der Waals surface area contributed by atoms with Crippen molar-refractivity contribution in [2.24, 2.45) is 0 Å². The van der Waals surface area contributed by atoms with Crippen molar-refractivity contribution in [3.8, 4) is 0 Å². The lowest BCUT2D eigenvalue weighted by Gasteiger charge is -2.13. The molecule has 132 valence electrons. The molecule has 8 nitrogen and oxygen atoms in total. The van der Waals surface area contributed by atoms with Crippen molar-refractivity contribution in [3.05, 3.63) is 66.1 Å². The molecule has 1 aromatic heterocycles. The van der Waals surface area contributed by atoms with Crippen LogP contribution in [0.25, 0.3) is 0 Å². The highest BCUT2D eigenvalue weighted by molar-refractivity contribution is 6.17. The number of imide groups is 1. The summed E-state index contributed by atoms with van der Waals surface area (Å²) in [6.45, 7) is -0.366. The number of rotatable bonds is 6. The largest absolute Gasteiger partial charge is 0.395 e. The molecule has 0 aliphatic carbocycles. The van der Waals surface area contributed by atoms with Gasteiger partial charge in [0, 0.05) is 23.5 Å². The number of aliphatic hydroxyl groups excluding tert-OH is 1. The Balaban J connectivity index is 1.72. The number of β-amino-alcohol motifs (C(OH)–C–C–N with tert-alkyl or cyclic N) is 1. The van der Waals surface area contributed by atoms with E-state index in [2.05, 4.69) is 15.6 Å². The highest BCUT2D eigenvalue weighted by Gasteiger charge is 2.30. The predicted molar refractivity (Wildman–Crippen MR) is 94.1 cm³/mol. The zero-order valence-corrected chi connectivity index (χ0v) is 13.7. The Labute approximate surface area is 149 Å². The standard InChI is InChI=1S/C18H16N4O4/c23-8-7-22-16(24)10-15(18(22)26)20-13-4-1-3-12(9-13)17(25)21-14-5-2-6-19-11-14/h1-6,9-11,20,23H,7-8H2,(H,21,25). The number of hydrogen-bond acceptors (Lipinski definition) is 6. The first-order valence-electron chi connectivity index (χ1n) is 7.85. The van der Waals surface area contributed by atoms with E-state index in [1.54, 1.807) is 42.6 Å². The van der Waals surface area contributed by atoms with E-state index in [1.807, 2.05) is 0 Å². The summed E-state index contributed by atoms with van der Waals surface area (Å²) in [6.07, 6.45) is 4.30. The third-order valence-electron chi connectivity index (χ3n) is 3.66. The minimum Gasteiger partial charge on any atom is -0.395 e. The summed E-state index contributed by atoms with van der Waals surface area (Å²) in [7, 11) is 0. The van der Waals surface area contributed by atoms with Crippen molar-refractivity contribution in [1.82, 2.24) is 9.88 Å². The van der Waals surface area contributed by atoms with Crippen LogP contribution in [0.4, 0.5) is 11.4 Å². The van der Waals surface area contributed by atoms with Gasteiger partial charge in [-0.1, -0.05) is 6.07 Å². The van der Waals surface area contributed by atoms with E-state index in [4.69, 9.17) is 5.11 Å². The lowest BCUT2D eigenvalue weighted by Crippen LogP contribution is -2.34. The van der Waals surface area contributed by atoms with Gasteiger partial charge in [-0.05, 0) is 30.3 Å². The molecule has 0 radical (unpaired) electrons. The number of hydrogen-bond donors (Lipinski definition) is 3. The van der Waals surface area contributed by atoms with Crippen LogP contribution in [0.1, 0.15) is 10.4 Å². The summed E-state index contributed by atoms with van der Waals surface area (Å²) in [5.74, 6) is -1.34. The van der Waals surface area contributed by atoms with Gasteiger partial charge >= 0.3 is 0 Å². The van der Waals surface area contributed by atoms with Crippen LogP contribution in [0.3, 0.4) is 0 Å². The minimum atomic E-state index is -0.519. The van der Waals surface area contributed by atoms with E-state index in [-0.39, 0.29) is 24.8 Å². The Kier molecular flexibility index (Phi) is 5.04. The maximum atomic E-state index is 12.3. The van der Waals surface area contributed by atoms with Crippen LogP contribution in [0, 0.1) is 0 Å². The number of nitrogens with zero attached hydrogens (tertiary/aromatic N) is 2. The fourth-order valence-electron chi connectivity index (χ4n) is 2.44. The van der Waals surface area contributed by atoms with Crippen molar-refractivity contribution >= 4 is 29.1 Å². The number of carbonyl (C=O) groups is 3. The van der Waals surface area contributed by atoms with Crippen molar-refractivity contribution in [3.63, 3.8) is 0 Å². The van der Waals surface area contributed by atoms with Gasteiger partial charge in [0.25, 0.3) is 17.7 Å². The van der Waals surface area contributed by atoms with Crippen molar-refractivity contribution in [2.75, 3.05) is 23.8 Å². The predicted octanol–water partition coefficient (Wildman–Crippen LogP) is 0.991. The second-order valence-electron chi connectivity index (χ2n) is 5.48. The van der Waals surface area contributed by atoms with Gasteiger partial charge in [-0.25, -0.2) is 0 Å². The monoisotopic (exact) mass is 352 g/mol. The summed E-state index contributed by atoms with van der Waals surface area (Å²) in [4.78, 5) is 41.1. The third kappa shape index (κ3) is 3.76. The molecule has 0 spiro atoms. The highest BCUT2D eigenvalue weighted by atomic mass is 16.3. The molecule has 8 heteroatoms. The molecule has 2 aromatic rings. The van der Waals surface area contributed by atoms with Gasteiger partial charge in [0.1, 0.15) is 5.70 Å². The van der Waals surface area contributed by atoms with E-state index in [1.165, 1.54) is 12.3 Å². The fourth-order valence-corrected chi connectivity index (χ4v) is 2.44. The maximum absolute atomic E-state index is 12.3. The Morgan fingerprint density at radius 1 is 1.15 bits per heavy atom. The van der Waals surface area contributed by atoms with Gasteiger partial charge in [-0.15, -0.1) is 0 Å². The molecule has 3 rings (SSSR count). The van der Waals surface area contributed by atoms with Crippen LogP contribution >= 0.6 is 0 Å². The molecule has 3 amide bonds. The van der Waals surface area contributed by atoms with Crippen LogP contribution in [0.5, 0.6) is 0 Å². The molecule has 0 saturated heterocycles. The van der Waals surface area contributed by atoms with E-state index in [9.17, 15) is 14.4 Å². The average Bonchev–Trinajstić information content (AvgIpc) is 2.90. The first-order chi connectivity index (χ1) is 12.6. The summed E-state index contributed by atoms with van der Waals surface area (Å²) in [6, 6.07) is 9.96. The first kappa shape index (κ1) is 17.3. The number of nitrogens with one attached hydrogen (secondary N) is 2. The Morgan fingerprint density at radius 2 is 1.96 bits per heavy atom. The van der Waals surface area contributed by atoms with Gasteiger partial charge in [0.15, 0.2) is 0 Å². The molecule has 1 aliphatic heterocycles. The molecule has 1 aliphatic rings. The average molecular weight is 352 g/mol. The SMILES string of the molecule is O=C(Nc1cccnc1)c1cccc(NC2=CC(=O)N(CCO)C2=O)c1. The Bertz CT molecular complexity index is 880. The number of amides is 3. The summed E-state index contributed by atoms with van der Waals surface area (Å²) in [5, 5.41) is 14.5. The highest BCUT2D eigenvalue weighted by Crippen LogP contribution is 2.19. The van der Waals surface area contributed by atoms with Crippen LogP contribution in [-0.2, 0) is 9.59 Å². The van der Waals surface area contributed by atoms with Gasteiger partial charge < -0.3 is 15.7 Å². The van der Waals surface area contributed by atoms with E-state index >= 15 is 0 Å². The maximum Gasteiger partial charge on any atom is 0.277 e. The zero-order valence-electron chi connectivity index (χ0n) is 13.7. The summed E-state index contributed by atoms with van der Waals surface area (Å²) in [5.41, 5.74) is 1.52. The van der Waals surface area contributed by atoms with E-state index in [0.29, 0.717) is 16.9 Å². The second kappa shape index (κ2) is 7.58. The molecule has 1 aromatic carbocycles. The normalized spacial score (nSPS) is 13.6. The fraction of sp³-hybridized carbons (Fsp3) is 0.111. The molecule has 0 atom stereocenters. The van der Waals surface area contributed by atoms with Crippen LogP contribution in [0.2, 0.25) is 0 Å². The van der Waals surface area contributed by atoms with Gasteiger partial charge in [0.05, 0.1) is 25.0 Å². The molecule has 0 unspecified atom stereocenters. The summed E-state index contributed by atoms with van der Waals surface area (Å²) >= 11 is 0. The smallest absolute Gasteiger partial charge is 0.277 e. The molecular weight excluding hydrogens is 336 g/mol. The molecule has 26 heavy (non-hydrogen) atoms. The topological polar surface area (TPSA) is 112 Å². The molecule has 0 bridgehead atoms. The molecule has 0 fully saturated rings. The number of aliphatic hydroxyl groups is 1. The number of anilines is 2. The van der Waals surface area contributed by atoms with E-state index in [0.717, 1.165) is 4.90 Å². The zero-order chi connectivity index (χ0) is 18.5. The van der Waals surface area contributed by atoms with Crippen molar-refractivity contribution < 1.29 is 19.5 Å². The number of carbonyl (C=O) groups excluding carboxylic acids is 3. The first-order valence-corrected chi connectivity index (χ1v) is 7.85. The second-order valence-corrected chi connectivity index (χ2v) is 5.48. The quantitative estimate of drug-likeness (QED) is 0.669. The van der Waals surface area contributed by atoms with Crippen LogP contribution in [0.15, 0.2) is 60.6 Å². The van der Waals surface area contributed by atoms with Gasteiger partial charge in [-0.2, -0.15) is 0 Å². The van der Waals surface area contributed by atoms with Crippen molar-refractivity contribution in [1.29, 1.82) is 0 Å². The van der Waals surface area contributed by atoms with Crippen LogP contribution in [-0.4, -0.2) is 45.9 Å². The van der Waals surface area contributed by atoms with Gasteiger partial charge in [-0.3, -0.25) is 24.3 Å². The molecule has 2 heterocycles. The van der Waals surface area contributed by atoms with Gasteiger partial charge in [0.2, 0.25) is 0 Å². The third-order valence-corrected chi connectivity index (χ3v) is 3.66. The Hall–Kier alpha value is -3.52. The minimum absolute atomic E-state index is 0.0626. The van der Waals surface area contributed by atoms with Crippen LogP contribution < -0.4 is 10.6 Å². The molecule has 3 N–H and O–H groups in total. The van der Waals surface area contributed by atoms with E-state index < -0.39 is 11.8 Å². The lowest BCUT2D eigenvalue weighted by atomic mass is 10.2. The molecular formula is C18H16N4O4. The number of benzene rings is 1. The number of aromatic nitrogens is 1. The molecule has 0 saturated carbocycles.